The van der Waals surface area contributed by atoms with Gasteiger partial charge in [-0.3, -0.25) is 13.9 Å². The van der Waals surface area contributed by atoms with E-state index in [1.807, 2.05) is 37.3 Å². The summed E-state index contributed by atoms with van der Waals surface area (Å²) in [4.78, 5) is 14.2. The molecule has 166 valence electrons. The highest BCUT2D eigenvalue weighted by atomic mass is 32.2. The van der Waals surface area contributed by atoms with E-state index in [4.69, 9.17) is 4.74 Å². The van der Waals surface area contributed by atoms with Gasteiger partial charge in [0.1, 0.15) is 5.75 Å². The molecule has 7 nitrogen and oxygen atoms in total. The van der Waals surface area contributed by atoms with Gasteiger partial charge in [-0.1, -0.05) is 29.5 Å². The lowest BCUT2D eigenvalue weighted by molar-refractivity contribution is 0.414. The summed E-state index contributed by atoms with van der Waals surface area (Å²) in [5, 5.41) is 0. The Morgan fingerprint density at radius 2 is 1.50 bits per heavy atom. The van der Waals surface area contributed by atoms with E-state index in [2.05, 4.69) is 4.72 Å². The van der Waals surface area contributed by atoms with Gasteiger partial charge in [0.05, 0.1) is 28.7 Å². The monoisotopic (exact) mass is 469 g/mol. The summed E-state index contributed by atoms with van der Waals surface area (Å²) in [5.74, 6) is 0.570. The van der Waals surface area contributed by atoms with Crippen LogP contribution in [0.3, 0.4) is 0 Å². The van der Waals surface area contributed by atoms with E-state index in [9.17, 15) is 13.2 Å². The van der Waals surface area contributed by atoms with Gasteiger partial charge in [-0.2, -0.15) is 0 Å². The van der Waals surface area contributed by atoms with Crippen molar-refractivity contribution in [3.8, 4) is 5.75 Å². The van der Waals surface area contributed by atoms with E-state index < -0.39 is 10.0 Å². The topological polar surface area (TPSA) is 82.3 Å². The van der Waals surface area contributed by atoms with Crippen molar-refractivity contribution in [2.75, 3.05) is 11.8 Å². The smallest absolute Gasteiger partial charge is 0.328 e. The van der Waals surface area contributed by atoms with E-state index in [0.717, 1.165) is 16.0 Å². The average Bonchev–Trinajstić information content (AvgIpc) is 2.99. The molecule has 0 amide bonds. The van der Waals surface area contributed by atoms with Crippen molar-refractivity contribution in [1.82, 2.24) is 9.13 Å². The van der Waals surface area contributed by atoms with Crippen molar-refractivity contribution >= 4 is 38.5 Å². The Balaban J connectivity index is 1.82. The molecule has 0 aliphatic heterocycles. The number of ether oxygens (including phenoxy) is 1. The molecule has 1 N–H and O–H groups in total. The SMILES string of the molecule is COc1ccc(S(=O)(=O)Nc2cc3c(cc2Sc2ccc(C)cc2)n(C)c(=O)n3C)cc1. The molecule has 1 aromatic heterocycles. The second kappa shape index (κ2) is 8.40. The molecule has 32 heavy (non-hydrogen) atoms. The molecule has 0 radical (unpaired) electrons. The highest BCUT2D eigenvalue weighted by Gasteiger charge is 2.20. The minimum absolute atomic E-state index is 0.117. The number of sulfonamides is 1. The number of aryl methyl sites for hydroxylation is 3. The van der Waals surface area contributed by atoms with E-state index in [-0.39, 0.29) is 10.6 Å². The first-order valence-electron chi connectivity index (χ1n) is 9.80. The maximum Gasteiger partial charge on any atom is 0.328 e. The molecule has 4 rings (SSSR count). The third kappa shape index (κ3) is 4.13. The number of rotatable bonds is 6. The summed E-state index contributed by atoms with van der Waals surface area (Å²) in [6.07, 6.45) is 0. The first-order valence-corrected chi connectivity index (χ1v) is 12.1. The molecule has 3 aromatic carbocycles. The summed E-state index contributed by atoms with van der Waals surface area (Å²) < 4.78 is 37.1. The van der Waals surface area contributed by atoms with Crippen molar-refractivity contribution in [3.63, 3.8) is 0 Å². The molecule has 0 aliphatic rings. The zero-order valence-corrected chi connectivity index (χ0v) is 19.8. The second-order valence-corrected chi connectivity index (χ2v) is 10.2. The fourth-order valence-electron chi connectivity index (χ4n) is 3.38. The molecule has 1 heterocycles. The number of nitrogens with one attached hydrogen (secondary N) is 1. The van der Waals surface area contributed by atoms with Crippen molar-refractivity contribution in [2.45, 2.75) is 21.6 Å². The Hall–Kier alpha value is -3.17. The first-order chi connectivity index (χ1) is 15.2. The van der Waals surface area contributed by atoms with Crippen molar-refractivity contribution < 1.29 is 13.2 Å². The average molecular weight is 470 g/mol. The highest BCUT2D eigenvalue weighted by Crippen LogP contribution is 2.37. The second-order valence-electron chi connectivity index (χ2n) is 7.43. The quantitative estimate of drug-likeness (QED) is 0.459. The number of imidazole rings is 1. The van der Waals surface area contributed by atoms with Crippen LogP contribution in [0.5, 0.6) is 5.75 Å². The van der Waals surface area contributed by atoms with E-state index in [1.54, 1.807) is 36.9 Å². The van der Waals surface area contributed by atoms with Crippen LogP contribution >= 0.6 is 11.8 Å². The summed E-state index contributed by atoms with van der Waals surface area (Å²) >= 11 is 1.43. The van der Waals surface area contributed by atoms with Crippen LogP contribution < -0.4 is 15.1 Å². The molecule has 4 aromatic rings. The van der Waals surface area contributed by atoms with Gasteiger partial charge in [-0.15, -0.1) is 0 Å². The van der Waals surface area contributed by atoms with Crippen LogP contribution in [0.4, 0.5) is 5.69 Å². The minimum Gasteiger partial charge on any atom is -0.497 e. The molecule has 0 unspecified atom stereocenters. The Kier molecular flexibility index (Phi) is 5.79. The number of benzene rings is 3. The lowest BCUT2D eigenvalue weighted by Crippen LogP contribution is -2.19. The summed E-state index contributed by atoms with van der Waals surface area (Å²) in [7, 11) is 1.03. The van der Waals surface area contributed by atoms with Gasteiger partial charge in [0.2, 0.25) is 0 Å². The number of hydrogen-bond acceptors (Lipinski definition) is 5. The molecule has 0 spiro atoms. The molecular weight excluding hydrogens is 446 g/mol. The van der Waals surface area contributed by atoms with Gasteiger partial charge in [0.15, 0.2) is 0 Å². The van der Waals surface area contributed by atoms with Crippen LogP contribution in [0.2, 0.25) is 0 Å². The van der Waals surface area contributed by atoms with E-state index >= 15 is 0 Å². The van der Waals surface area contributed by atoms with Gasteiger partial charge < -0.3 is 4.74 Å². The summed E-state index contributed by atoms with van der Waals surface area (Å²) in [6.45, 7) is 2.01. The van der Waals surface area contributed by atoms with Gasteiger partial charge in [-0.25, -0.2) is 13.2 Å². The predicted octanol–water partition coefficient (Wildman–Crippen LogP) is 4.15. The standard InChI is InChI=1S/C23H23N3O4S2/c1-15-5-9-17(10-6-15)31-22-14-21-20(25(2)23(27)26(21)3)13-19(22)24-32(28,29)18-11-7-16(30-4)8-12-18/h5-14,24H,1-4H3. The van der Waals surface area contributed by atoms with Gasteiger partial charge in [-0.05, 0) is 55.5 Å². The minimum atomic E-state index is -3.86. The number of methoxy groups -OCH3 is 1. The molecule has 0 bridgehead atoms. The van der Waals surface area contributed by atoms with Crippen LogP contribution in [0.1, 0.15) is 5.56 Å². The third-order valence-corrected chi connectivity index (χ3v) is 7.68. The number of hydrogen-bond donors (Lipinski definition) is 1. The first kappa shape index (κ1) is 22.0. The molecule has 0 fully saturated rings. The van der Waals surface area contributed by atoms with Crippen LogP contribution in [0.15, 0.2) is 80.1 Å². The Morgan fingerprint density at radius 3 is 2.09 bits per heavy atom. The third-order valence-electron chi connectivity index (χ3n) is 5.24. The van der Waals surface area contributed by atoms with Gasteiger partial charge >= 0.3 is 5.69 Å². The van der Waals surface area contributed by atoms with Crippen molar-refractivity contribution in [2.24, 2.45) is 14.1 Å². The lowest BCUT2D eigenvalue weighted by atomic mass is 10.2. The zero-order chi connectivity index (χ0) is 23.0. The largest absolute Gasteiger partial charge is 0.497 e. The zero-order valence-electron chi connectivity index (χ0n) is 18.1. The fraction of sp³-hybridized carbons (Fsp3) is 0.174. The molecule has 0 saturated carbocycles. The van der Waals surface area contributed by atoms with Gasteiger partial charge in [0.25, 0.3) is 10.0 Å². The van der Waals surface area contributed by atoms with Crippen molar-refractivity contribution in [1.29, 1.82) is 0 Å². The molecule has 0 saturated heterocycles. The van der Waals surface area contributed by atoms with Crippen molar-refractivity contribution in [3.05, 3.63) is 76.7 Å². The molecule has 0 aliphatic carbocycles. The Bertz CT molecular complexity index is 1450. The van der Waals surface area contributed by atoms with Crippen LogP contribution in [-0.2, 0) is 24.1 Å². The number of aromatic nitrogens is 2. The normalized spacial score (nSPS) is 11.6. The molecule has 9 heteroatoms. The summed E-state index contributed by atoms with van der Waals surface area (Å²) in [5.41, 5.74) is 2.72. The molecular formula is C23H23N3O4S2. The number of anilines is 1. The maximum absolute atomic E-state index is 13.1. The fourth-order valence-corrected chi connectivity index (χ4v) is 5.43. The Morgan fingerprint density at radius 1 is 0.906 bits per heavy atom. The highest BCUT2D eigenvalue weighted by molar-refractivity contribution is 7.99. The van der Waals surface area contributed by atoms with Gasteiger partial charge in [0, 0.05) is 23.9 Å². The van der Waals surface area contributed by atoms with Crippen LogP contribution in [0.25, 0.3) is 11.0 Å². The maximum atomic E-state index is 13.1. The van der Waals surface area contributed by atoms with E-state index in [0.29, 0.717) is 21.8 Å². The Labute approximate surface area is 190 Å². The molecule has 0 atom stereocenters. The van der Waals surface area contributed by atoms with Crippen LogP contribution in [0, 0.1) is 6.92 Å². The van der Waals surface area contributed by atoms with E-state index in [1.165, 1.54) is 35.6 Å². The predicted molar refractivity (Wildman–Crippen MR) is 127 cm³/mol. The number of fused-ring (bicyclic) bond motifs is 1. The lowest BCUT2D eigenvalue weighted by Gasteiger charge is -2.14. The van der Waals surface area contributed by atoms with Crippen LogP contribution in [-0.4, -0.2) is 24.7 Å². The summed E-state index contributed by atoms with van der Waals surface area (Å²) in [6, 6.07) is 17.7. The number of nitrogens with zero attached hydrogens (tertiary/aromatic N) is 2.